The first-order chi connectivity index (χ1) is 7.81. The molecule has 1 aromatic heterocycles. The van der Waals surface area contributed by atoms with E-state index in [-0.39, 0.29) is 0 Å². The van der Waals surface area contributed by atoms with Gasteiger partial charge in [0.25, 0.3) is 0 Å². The molecule has 0 radical (unpaired) electrons. The molecule has 1 unspecified atom stereocenters. The summed E-state index contributed by atoms with van der Waals surface area (Å²) in [7, 11) is 0. The summed E-state index contributed by atoms with van der Waals surface area (Å²) in [4.78, 5) is 11.3. The first-order valence-corrected chi connectivity index (χ1v) is 6.08. The highest BCUT2D eigenvalue weighted by molar-refractivity contribution is 5.32. The molecule has 4 heteroatoms. The van der Waals surface area contributed by atoms with E-state index in [1.807, 2.05) is 19.2 Å². The van der Waals surface area contributed by atoms with Crippen LogP contribution in [0.1, 0.15) is 25.5 Å². The van der Waals surface area contributed by atoms with Gasteiger partial charge in [-0.2, -0.15) is 0 Å². The molecular formula is C12H20N4. The van der Waals surface area contributed by atoms with Crippen LogP contribution in [-0.2, 0) is 0 Å². The molecule has 2 heterocycles. The highest BCUT2D eigenvalue weighted by Gasteiger charge is 2.23. The summed E-state index contributed by atoms with van der Waals surface area (Å²) >= 11 is 0. The van der Waals surface area contributed by atoms with Gasteiger partial charge in [0.1, 0.15) is 0 Å². The van der Waals surface area contributed by atoms with E-state index in [9.17, 15) is 0 Å². The van der Waals surface area contributed by atoms with E-state index in [4.69, 9.17) is 0 Å². The lowest BCUT2D eigenvalue weighted by molar-refractivity contribution is 0.608. The van der Waals surface area contributed by atoms with Gasteiger partial charge < -0.3 is 10.2 Å². The molecule has 0 aromatic carbocycles. The van der Waals surface area contributed by atoms with Gasteiger partial charge in [-0.05, 0) is 32.4 Å². The van der Waals surface area contributed by atoms with Crippen LogP contribution < -0.4 is 10.2 Å². The Hall–Kier alpha value is -1.16. The molecule has 1 aromatic rings. The van der Waals surface area contributed by atoms with E-state index in [2.05, 4.69) is 27.1 Å². The molecular weight excluding hydrogens is 200 g/mol. The van der Waals surface area contributed by atoms with E-state index >= 15 is 0 Å². The molecule has 16 heavy (non-hydrogen) atoms. The Morgan fingerprint density at radius 3 is 3.06 bits per heavy atom. The molecule has 1 fully saturated rings. The van der Waals surface area contributed by atoms with E-state index in [1.165, 1.54) is 6.42 Å². The smallest absolute Gasteiger partial charge is 0.225 e. The predicted molar refractivity (Wildman–Crippen MR) is 65.7 cm³/mol. The zero-order valence-electron chi connectivity index (χ0n) is 10.1. The van der Waals surface area contributed by atoms with Crippen LogP contribution in [0.4, 0.5) is 5.95 Å². The van der Waals surface area contributed by atoms with Gasteiger partial charge in [0.05, 0.1) is 0 Å². The standard InChI is InChI=1S/C12H20N4/c1-3-8-16(11-5-6-13-9-11)12-14-7-4-10(2)15-12/h4,7,11,13H,3,5-6,8-9H2,1-2H3. The van der Waals surface area contributed by atoms with Crippen LogP contribution in [0.25, 0.3) is 0 Å². The number of anilines is 1. The normalized spacial score (nSPS) is 20.0. The molecule has 0 bridgehead atoms. The molecule has 0 amide bonds. The van der Waals surface area contributed by atoms with E-state index < -0.39 is 0 Å². The molecule has 1 aliphatic heterocycles. The molecule has 0 aliphatic carbocycles. The monoisotopic (exact) mass is 220 g/mol. The molecule has 88 valence electrons. The second-order valence-corrected chi connectivity index (χ2v) is 4.34. The third kappa shape index (κ3) is 2.50. The summed E-state index contributed by atoms with van der Waals surface area (Å²) in [5.41, 5.74) is 1.04. The van der Waals surface area contributed by atoms with Gasteiger partial charge >= 0.3 is 0 Å². The maximum atomic E-state index is 4.52. The van der Waals surface area contributed by atoms with Gasteiger partial charge in [0, 0.05) is 31.0 Å². The number of aromatic nitrogens is 2. The van der Waals surface area contributed by atoms with Crippen molar-refractivity contribution in [1.82, 2.24) is 15.3 Å². The Balaban J connectivity index is 2.17. The molecule has 2 rings (SSSR count). The van der Waals surface area contributed by atoms with Crippen LogP contribution in [0.15, 0.2) is 12.3 Å². The lowest BCUT2D eigenvalue weighted by atomic mass is 10.2. The van der Waals surface area contributed by atoms with Crippen molar-refractivity contribution in [1.29, 1.82) is 0 Å². The topological polar surface area (TPSA) is 41.1 Å². The van der Waals surface area contributed by atoms with Crippen molar-refractivity contribution in [2.45, 2.75) is 32.7 Å². The second-order valence-electron chi connectivity index (χ2n) is 4.34. The van der Waals surface area contributed by atoms with Gasteiger partial charge in [-0.25, -0.2) is 9.97 Å². The summed E-state index contributed by atoms with van der Waals surface area (Å²) in [6.45, 7) is 7.41. The second kappa shape index (κ2) is 5.25. The summed E-state index contributed by atoms with van der Waals surface area (Å²) < 4.78 is 0. The Morgan fingerprint density at radius 1 is 1.56 bits per heavy atom. The number of hydrogen-bond donors (Lipinski definition) is 1. The summed E-state index contributed by atoms with van der Waals surface area (Å²) in [5.74, 6) is 0.885. The van der Waals surface area contributed by atoms with Gasteiger partial charge in [-0.1, -0.05) is 6.92 Å². The molecule has 0 spiro atoms. The lowest BCUT2D eigenvalue weighted by Crippen LogP contribution is -2.38. The molecule has 1 N–H and O–H groups in total. The van der Waals surface area contributed by atoms with Crippen molar-refractivity contribution in [3.63, 3.8) is 0 Å². The minimum absolute atomic E-state index is 0.557. The quantitative estimate of drug-likeness (QED) is 0.832. The third-order valence-corrected chi connectivity index (χ3v) is 2.98. The van der Waals surface area contributed by atoms with E-state index in [0.717, 1.165) is 37.7 Å². The first kappa shape index (κ1) is 11.3. The summed E-state index contributed by atoms with van der Waals surface area (Å²) in [6, 6.07) is 2.50. The Bertz CT molecular complexity index is 334. The maximum absolute atomic E-state index is 4.52. The van der Waals surface area contributed by atoms with Gasteiger partial charge in [0.15, 0.2) is 0 Å². The van der Waals surface area contributed by atoms with Crippen molar-refractivity contribution in [2.75, 3.05) is 24.5 Å². The van der Waals surface area contributed by atoms with Crippen molar-refractivity contribution in [3.8, 4) is 0 Å². The highest BCUT2D eigenvalue weighted by Crippen LogP contribution is 2.16. The minimum Gasteiger partial charge on any atom is -0.337 e. The maximum Gasteiger partial charge on any atom is 0.225 e. The molecule has 4 nitrogen and oxygen atoms in total. The lowest BCUT2D eigenvalue weighted by Gasteiger charge is -2.28. The summed E-state index contributed by atoms with van der Waals surface area (Å²) in [6.07, 6.45) is 4.17. The largest absolute Gasteiger partial charge is 0.337 e. The van der Waals surface area contributed by atoms with Crippen molar-refractivity contribution in [3.05, 3.63) is 18.0 Å². The number of nitrogens with one attached hydrogen (secondary N) is 1. The first-order valence-electron chi connectivity index (χ1n) is 6.08. The Labute approximate surface area is 97.1 Å². The molecule has 1 aliphatic rings. The van der Waals surface area contributed by atoms with Crippen LogP contribution in [0.5, 0.6) is 0 Å². The van der Waals surface area contributed by atoms with Crippen LogP contribution in [0.2, 0.25) is 0 Å². The van der Waals surface area contributed by atoms with Crippen molar-refractivity contribution in [2.24, 2.45) is 0 Å². The highest BCUT2D eigenvalue weighted by atomic mass is 15.3. The number of rotatable bonds is 4. The fourth-order valence-corrected chi connectivity index (χ4v) is 2.17. The van der Waals surface area contributed by atoms with E-state index in [0.29, 0.717) is 6.04 Å². The molecule has 1 atom stereocenters. The van der Waals surface area contributed by atoms with Crippen LogP contribution in [0.3, 0.4) is 0 Å². The van der Waals surface area contributed by atoms with E-state index in [1.54, 1.807) is 0 Å². The van der Waals surface area contributed by atoms with Gasteiger partial charge in [-0.15, -0.1) is 0 Å². The Kier molecular flexibility index (Phi) is 3.72. The van der Waals surface area contributed by atoms with Crippen LogP contribution in [-0.4, -0.2) is 35.6 Å². The molecule has 0 saturated carbocycles. The average Bonchev–Trinajstić information content (AvgIpc) is 2.79. The van der Waals surface area contributed by atoms with Gasteiger partial charge in [0.2, 0.25) is 5.95 Å². The summed E-state index contributed by atoms with van der Waals surface area (Å²) in [5, 5.41) is 3.40. The minimum atomic E-state index is 0.557. The zero-order valence-corrected chi connectivity index (χ0v) is 10.1. The molecule has 1 saturated heterocycles. The Morgan fingerprint density at radius 2 is 2.44 bits per heavy atom. The number of aryl methyl sites for hydroxylation is 1. The predicted octanol–water partition coefficient (Wildman–Crippen LogP) is 1.36. The van der Waals surface area contributed by atoms with Crippen LogP contribution in [0, 0.1) is 6.92 Å². The fraction of sp³-hybridized carbons (Fsp3) is 0.667. The third-order valence-electron chi connectivity index (χ3n) is 2.98. The average molecular weight is 220 g/mol. The zero-order chi connectivity index (χ0) is 11.4. The van der Waals surface area contributed by atoms with Crippen molar-refractivity contribution >= 4 is 5.95 Å². The number of hydrogen-bond acceptors (Lipinski definition) is 4. The SMILES string of the molecule is CCCN(c1nccc(C)n1)C1CCNC1. The fourth-order valence-electron chi connectivity index (χ4n) is 2.17. The number of nitrogens with zero attached hydrogens (tertiary/aromatic N) is 3. The van der Waals surface area contributed by atoms with Crippen molar-refractivity contribution < 1.29 is 0 Å². The van der Waals surface area contributed by atoms with Crippen LogP contribution >= 0.6 is 0 Å². The van der Waals surface area contributed by atoms with Gasteiger partial charge in [-0.3, -0.25) is 0 Å².